The van der Waals surface area contributed by atoms with Crippen LogP contribution in [0.25, 0.3) is 0 Å². The van der Waals surface area contributed by atoms with Crippen molar-refractivity contribution >= 4 is 34.6 Å². The SMILES string of the molecule is Cc1ccc([C@H](Nc2c(Nc3ccc(Cl)c4c3C(O)N(CCC(=O)O)C4)c(=O)c2=O)C(C)(C)C)o1. The predicted molar refractivity (Wildman–Crippen MR) is 133 cm³/mol. The first kappa shape index (κ1) is 25.0. The molecule has 9 nitrogen and oxygen atoms in total. The Labute approximate surface area is 207 Å². The molecule has 0 saturated carbocycles. The van der Waals surface area contributed by atoms with E-state index in [4.69, 9.17) is 21.1 Å². The van der Waals surface area contributed by atoms with E-state index in [0.717, 1.165) is 5.76 Å². The predicted octanol–water partition coefficient (Wildman–Crippen LogP) is 4.06. The number of hydrogen-bond acceptors (Lipinski definition) is 8. The second kappa shape index (κ2) is 9.14. The van der Waals surface area contributed by atoms with Gasteiger partial charge in [-0.25, -0.2) is 0 Å². The molecular formula is C25H28ClN3O6. The number of rotatable bonds is 8. The van der Waals surface area contributed by atoms with Gasteiger partial charge in [-0.1, -0.05) is 32.4 Å². The van der Waals surface area contributed by atoms with Gasteiger partial charge in [0.25, 0.3) is 10.9 Å². The summed E-state index contributed by atoms with van der Waals surface area (Å²) in [5.74, 6) is 0.403. The van der Waals surface area contributed by atoms with E-state index in [1.807, 2.05) is 39.8 Å². The molecule has 1 aliphatic rings. The number of fused-ring (bicyclic) bond motifs is 1. The zero-order chi connectivity index (χ0) is 25.7. The van der Waals surface area contributed by atoms with E-state index in [1.54, 1.807) is 17.0 Å². The number of aliphatic hydroxyl groups excluding tert-OH is 1. The van der Waals surface area contributed by atoms with Gasteiger partial charge in [0.2, 0.25) is 0 Å². The maximum Gasteiger partial charge on any atom is 0.304 e. The minimum atomic E-state index is -1.11. The van der Waals surface area contributed by atoms with Crippen LogP contribution in [0.2, 0.25) is 5.02 Å². The zero-order valence-corrected chi connectivity index (χ0v) is 20.7. The summed E-state index contributed by atoms with van der Waals surface area (Å²) in [6, 6.07) is 6.56. The first-order valence-corrected chi connectivity index (χ1v) is 11.6. The molecule has 1 aromatic heterocycles. The minimum Gasteiger partial charge on any atom is -0.481 e. The number of carboxylic acid groups (broad SMARTS) is 1. The van der Waals surface area contributed by atoms with Crippen molar-refractivity contribution in [1.29, 1.82) is 0 Å². The molecule has 4 rings (SSSR count). The summed E-state index contributed by atoms with van der Waals surface area (Å²) in [4.78, 5) is 37.7. The molecule has 186 valence electrons. The molecule has 0 bridgehead atoms. The van der Waals surface area contributed by atoms with Gasteiger partial charge in [0.05, 0.1) is 12.5 Å². The van der Waals surface area contributed by atoms with Gasteiger partial charge in [-0.05, 0) is 42.2 Å². The molecule has 0 aliphatic carbocycles. The molecule has 4 N–H and O–H groups in total. The monoisotopic (exact) mass is 501 g/mol. The molecule has 0 radical (unpaired) electrons. The Kier molecular flexibility index (Phi) is 6.52. The first-order valence-electron chi connectivity index (χ1n) is 11.3. The number of nitrogens with one attached hydrogen (secondary N) is 2. The third-order valence-electron chi connectivity index (χ3n) is 6.25. The summed E-state index contributed by atoms with van der Waals surface area (Å²) < 4.78 is 5.80. The van der Waals surface area contributed by atoms with Gasteiger partial charge in [-0.2, -0.15) is 0 Å². The van der Waals surface area contributed by atoms with Crippen molar-refractivity contribution in [2.75, 3.05) is 17.2 Å². The van der Waals surface area contributed by atoms with Gasteiger partial charge < -0.3 is 25.3 Å². The highest BCUT2D eigenvalue weighted by Crippen LogP contribution is 2.43. The van der Waals surface area contributed by atoms with Gasteiger partial charge in [0, 0.05) is 29.4 Å². The van der Waals surface area contributed by atoms with E-state index in [1.165, 1.54) is 0 Å². The summed E-state index contributed by atoms with van der Waals surface area (Å²) in [6.07, 6.45) is -1.25. The summed E-state index contributed by atoms with van der Waals surface area (Å²) in [5.41, 5.74) is 0.0948. The molecular weight excluding hydrogens is 474 g/mol. The van der Waals surface area contributed by atoms with E-state index in [9.17, 15) is 19.5 Å². The Balaban J connectivity index is 1.65. The van der Waals surface area contributed by atoms with Crippen molar-refractivity contribution in [1.82, 2.24) is 4.90 Å². The number of aryl methyl sites for hydroxylation is 1. The van der Waals surface area contributed by atoms with Crippen molar-refractivity contribution in [2.24, 2.45) is 5.41 Å². The van der Waals surface area contributed by atoms with Crippen LogP contribution >= 0.6 is 11.6 Å². The Bertz CT molecular complexity index is 1350. The molecule has 2 atom stereocenters. The van der Waals surface area contributed by atoms with Crippen LogP contribution in [-0.2, 0) is 11.3 Å². The van der Waals surface area contributed by atoms with Crippen molar-refractivity contribution in [2.45, 2.75) is 52.9 Å². The zero-order valence-electron chi connectivity index (χ0n) is 19.9. The first-order chi connectivity index (χ1) is 16.4. The molecule has 10 heteroatoms. The van der Waals surface area contributed by atoms with Crippen molar-refractivity contribution < 1.29 is 19.4 Å². The molecule has 3 aromatic rings. The minimum absolute atomic E-state index is 0.0910. The second-order valence-corrected chi connectivity index (χ2v) is 10.3. The van der Waals surface area contributed by atoms with Crippen LogP contribution in [0.1, 0.15) is 62.1 Å². The molecule has 35 heavy (non-hydrogen) atoms. The molecule has 2 aromatic carbocycles. The maximum atomic E-state index is 12.5. The van der Waals surface area contributed by atoms with Crippen molar-refractivity contribution in [3.05, 3.63) is 72.4 Å². The number of carbonyl (C=O) groups is 1. The fraction of sp³-hybridized carbons (Fsp3) is 0.400. The van der Waals surface area contributed by atoms with Crippen LogP contribution in [0.3, 0.4) is 0 Å². The summed E-state index contributed by atoms with van der Waals surface area (Å²) in [6.45, 7) is 8.21. The Hall–Kier alpha value is -3.14. The standard InChI is InChI=1S/C25H28ClN3O6/c1-12-5-8-16(35-12)23(25(2,3)4)28-20-19(21(32)22(20)33)27-15-7-6-14(26)13-11-29(10-9-17(30)31)24(34)18(13)15/h5-8,23-24,27-28,34H,9-11H2,1-4H3,(H,30,31)/t23-,24?/m0/s1. The molecule has 0 amide bonds. The van der Waals surface area contributed by atoms with Gasteiger partial charge >= 0.3 is 5.97 Å². The number of benzene rings is 1. The fourth-order valence-corrected chi connectivity index (χ4v) is 4.59. The van der Waals surface area contributed by atoms with Crippen LogP contribution in [0, 0.1) is 12.3 Å². The molecule has 0 spiro atoms. The van der Waals surface area contributed by atoms with Gasteiger partial charge in [0.15, 0.2) is 0 Å². The highest BCUT2D eigenvalue weighted by Gasteiger charge is 2.35. The van der Waals surface area contributed by atoms with Crippen LogP contribution < -0.4 is 21.5 Å². The number of hydrogen-bond donors (Lipinski definition) is 4. The summed E-state index contributed by atoms with van der Waals surface area (Å²) in [5, 5.41) is 26.5. The smallest absolute Gasteiger partial charge is 0.304 e. The average Bonchev–Trinajstić information content (AvgIpc) is 3.35. The Morgan fingerprint density at radius 2 is 1.89 bits per heavy atom. The van der Waals surface area contributed by atoms with Crippen LogP contribution in [0.5, 0.6) is 0 Å². The number of aliphatic carboxylic acids is 1. The fourth-order valence-electron chi connectivity index (χ4n) is 4.37. The topological polar surface area (TPSA) is 132 Å². The maximum absolute atomic E-state index is 12.5. The lowest BCUT2D eigenvalue weighted by Gasteiger charge is -2.32. The number of carboxylic acids is 1. The van der Waals surface area contributed by atoms with E-state index < -0.39 is 23.1 Å². The van der Waals surface area contributed by atoms with Gasteiger partial charge in [-0.15, -0.1) is 0 Å². The highest BCUT2D eigenvalue weighted by molar-refractivity contribution is 6.31. The van der Waals surface area contributed by atoms with E-state index in [0.29, 0.717) is 27.6 Å². The Morgan fingerprint density at radius 3 is 2.49 bits per heavy atom. The lowest BCUT2D eigenvalue weighted by atomic mass is 9.85. The summed E-state index contributed by atoms with van der Waals surface area (Å²) in [7, 11) is 0. The van der Waals surface area contributed by atoms with Crippen LogP contribution in [0.4, 0.5) is 17.1 Å². The van der Waals surface area contributed by atoms with Crippen molar-refractivity contribution in [3.63, 3.8) is 0 Å². The lowest BCUT2D eigenvalue weighted by Crippen LogP contribution is -2.39. The third kappa shape index (κ3) is 4.71. The van der Waals surface area contributed by atoms with E-state index in [2.05, 4.69) is 10.6 Å². The van der Waals surface area contributed by atoms with Gasteiger partial charge in [-0.3, -0.25) is 19.3 Å². The number of aliphatic hydroxyl groups is 1. The quantitative estimate of drug-likeness (QED) is 0.337. The number of nitrogens with zero attached hydrogens (tertiary/aromatic N) is 1. The second-order valence-electron chi connectivity index (χ2n) is 9.90. The third-order valence-corrected chi connectivity index (χ3v) is 6.60. The van der Waals surface area contributed by atoms with Crippen molar-refractivity contribution in [3.8, 4) is 0 Å². The summed E-state index contributed by atoms with van der Waals surface area (Å²) >= 11 is 6.35. The highest BCUT2D eigenvalue weighted by atomic mass is 35.5. The molecule has 0 saturated heterocycles. The number of furan rings is 1. The van der Waals surface area contributed by atoms with Gasteiger partial charge in [0.1, 0.15) is 29.1 Å². The lowest BCUT2D eigenvalue weighted by molar-refractivity contribution is -0.138. The molecule has 1 unspecified atom stereocenters. The molecule has 1 aliphatic heterocycles. The van der Waals surface area contributed by atoms with Crippen LogP contribution in [0.15, 0.2) is 38.3 Å². The number of halogens is 1. The number of anilines is 3. The largest absolute Gasteiger partial charge is 0.481 e. The van der Waals surface area contributed by atoms with E-state index in [-0.39, 0.29) is 42.3 Å². The molecule has 2 heterocycles. The Morgan fingerprint density at radius 1 is 1.20 bits per heavy atom. The molecule has 0 fully saturated rings. The van der Waals surface area contributed by atoms with E-state index >= 15 is 0 Å². The van der Waals surface area contributed by atoms with Crippen LogP contribution in [-0.4, -0.2) is 27.6 Å². The average molecular weight is 502 g/mol. The normalized spacial score (nSPS) is 16.9.